The minimum absolute atomic E-state index is 0.200. The number of nitrogens with zero attached hydrogens (tertiary/aromatic N) is 1. The molecule has 0 aliphatic rings. The molecule has 7 heavy (non-hydrogen) atoms. The molecule has 0 saturated heterocycles. The molecule has 0 atom stereocenters. The van der Waals surface area contributed by atoms with E-state index in [1.807, 2.05) is 6.07 Å². The van der Waals surface area contributed by atoms with Gasteiger partial charge in [-0.25, -0.2) is 0 Å². The molecule has 0 unspecified atom stereocenters. The van der Waals surface area contributed by atoms with E-state index in [9.17, 15) is 0 Å². The maximum Gasteiger partial charge on any atom is 0.133 e. The summed E-state index contributed by atoms with van der Waals surface area (Å²) in [5.74, 6) is 0. The van der Waals surface area contributed by atoms with Gasteiger partial charge in [-0.05, 0) is 0 Å². The summed E-state index contributed by atoms with van der Waals surface area (Å²) in [7, 11) is 0. The van der Waals surface area contributed by atoms with Gasteiger partial charge in [-0.1, -0.05) is 15.9 Å². The average Bonchev–Trinajstić information content (AvgIpc) is 1.69. The van der Waals surface area contributed by atoms with Gasteiger partial charge in [0.1, 0.15) is 6.61 Å². The topological polar surface area (TPSA) is 33.0 Å². The third-order valence-electron chi connectivity index (χ3n) is 0.388. The number of hydrogen-bond acceptors (Lipinski definition) is 2. The van der Waals surface area contributed by atoms with Crippen LogP contribution in [0.5, 0.6) is 0 Å². The summed E-state index contributed by atoms with van der Waals surface area (Å²) >= 11 is 3.15. The van der Waals surface area contributed by atoms with Crippen LogP contribution in [-0.4, -0.2) is 18.5 Å². The van der Waals surface area contributed by atoms with Crippen molar-refractivity contribution in [3.05, 3.63) is 0 Å². The summed E-state index contributed by atoms with van der Waals surface area (Å²) in [5, 5.41) is 8.70. The Morgan fingerprint density at radius 1 is 1.71 bits per heavy atom. The molecule has 0 saturated carbocycles. The van der Waals surface area contributed by atoms with E-state index in [2.05, 4.69) is 15.9 Å². The summed E-state index contributed by atoms with van der Waals surface area (Å²) < 4.78 is 4.72. The van der Waals surface area contributed by atoms with E-state index in [0.717, 1.165) is 5.33 Å². The Balaban J connectivity index is 2.60. The number of halogens is 1. The molecular weight excluding hydrogens is 158 g/mol. The maximum atomic E-state index is 7.90. The Morgan fingerprint density at radius 3 is 2.86 bits per heavy atom. The number of ether oxygens (including phenoxy) is 1. The van der Waals surface area contributed by atoms with Gasteiger partial charge in [-0.3, -0.25) is 0 Å². The summed E-state index contributed by atoms with van der Waals surface area (Å²) in [6.45, 7) is 0.819. The van der Waals surface area contributed by atoms with Crippen molar-refractivity contribution in [1.29, 1.82) is 5.26 Å². The van der Waals surface area contributed by atoms with Gasteiger partial charge in [-0.15, -0.1) is 0 Å². The van der Waals surface area contributed by atoms with E-state index >= 15 is 0 Å². The second-order valence-corrected chi connectivity index (χ2v) is 1.69. The van der Waals surface area contributed by atoms with Gasteiger partial charge in [0.25, 0.3) is 0 Å². The lowest BCUT2D eigenvalue weighted by Crippen LogP contribution is -1.93. The van der Waals surface area contributed by atoms with Crippen LogP contribution in [0.15, 0.2) is 0 Å². The van der Waals surface area contributed by atoms with Crippen molar-refractivity contribution in [2.75, 3.05) is 18.5 Å². The molecule has 0 spiro atoms. The number of hydrogen-bond donors (Lipinski definition) is 0. The molecule has 0 N–H and O–H groups in total. The summed E-state index contributed by atoms with van der Waals surface area (Å²) in [6, 6.07) is 1.86. The maximum absolute atomic E-state index is 7.90. The number of rotatable bonds is 3. The smallest absolute Gasteiger partial charge is 0.133 e. The fourth-order valence-corrected chi connectivity index (χ4v) is 0.401. The minimum Gasteiger partial charge on any atom is -0.366 e. The highest BCUT2D eigenvalue weighted by molar-refractivity contribution is 9.09. The SMILES string of the molecule is N#CCOCCBr. The standard InChI is InChI=1S/C4H6BrNO/c5-1-3-7-4-2-6/h1,3-4H2. The monoisotopic (exact) mass is 163 g/mol. The van der Waals surface area contributed by atoms with Crippen molar-refractivity contribution in [2.24, 2.45) is 0 Å². The van der Waals surface area contributed by atoms with E-state index < -0.39 is 0 Å². The summed E-state index contributed by atoms with van der Waals surface area (Å²) in [5.41, 5.74) is 0. The molecule has 0 aromatic carbocycles. The zero-order valence-electron chi connectivity index (χ0n) is 3.85. The Labute approximate surface area is 51.2 Å². The lowest BCUT2D eigenvalue weighted by molar-refractivity contribution is 0.185. The van der Waals surface area contributed by atoms with Crippen molar-refractivity contribution in [3.8, 4) is 6.07 Å². The first-order chi connectivity index (χ1) is 3.41. The van der Waals surface area contributed by atoms with Crippen LogP contribution in [0.3, 0.4) is 0 Å². The van der Waals surface area contributed by atoms with Gasteiger partial charge >= 0.3 is 0 Å². The molecule has 2 nitrogen and oxygen atoms in total. The lowest BCUT2D eigenvalue weighted by Gasteiger charge is -1.88. The normalized spacial score (nSPS) is 8.00. The lowest BCUT2D eigenvalue weighted by atomic mass is 10.8. The molecule has 0 heterocycles. The fourth-order valence-electron chi connectivity index (χ4n) is 0.172. The van der Waals surface area contributed by atoms with Crippen molar-refractivity contribution in [1.82, 2.24) is 0 Å². The quantitative estimate of drug-likeness (QED) is 0.459. The van der Waals surface area contributed by atoms with Gasteiger partial charge in [0, 0.05) is 5.33 Å². The van der Waals surface area contributed by atoms with Crippen molar-refractivity contribution in [3.63, 3.8) is 0 Å². The molecule has 0 aromatic rings. The predicted molar refractivity (Wildman–Crippen MR) is 30.2 cm³/mol. The highest BCUT2D eigenvalue weighted by Gasteiger charge is 1.78. The second-order valence-electron chi connectivity index (χ2n) is 0.900. The molecule has 0 aromatic heterocycles. The summed E-state index contributed by atoms with van der Waals surface area (Å²) in [4.78, 5) is 0. The van der Waals surface area contributed by atoms with Crippen LogP contribution in [0.1, 0.15) is 0 Å². The molecule has 0 rings (SSSR count). The molecule has 0 aliphatic heterocycles. The van der Waals surface area contributed by atoms with Gasteiger partial charge in [0.2, 0.25) is 0 Å². The molecule has 0 fully saturated rings. The first-order valence-corrected chi connectivity index (χ1v) is 3.04. The first kappa shape index (κ1) is 6.93. The van der Waals surface area contributed by atoms with Gasteiger partial charge in [0.15, 0.2) is 0 Å². The van der Waals surface area contributed by atoms with E-state index in [1.54, 1.807) is 0 Å². The highest BCUT2D eigenvalue weighted by Crippen LogP contribution is 1.79. The fraction of sp³-hybridized carbons (Fsp3) is 0.750. The van der Waals surface area contributed by atoms with E-state index in [0.29, 0.717) is 6.61 Å². The largest absolute Gasteiger partial charge is 0.366 e. The third kappa shape index (κ3) is 5.93. The van der Waals surface area contributed by atoms with Gasteiger partial charge < -0.3 is 4.74 Å². The minimum atomic E-state index is 0.200. The Kier molecular flexibility index (Phi) is 5.87. The molecule has 0 radical (unpaired) electrons. The van der Waals surface area contributed by atoms with Crippen LogP contribution in [0.25, 0.3) is 0 Å². The van der Waals surface area contributed by atoms with Crippen LogP contribution in [0.4, 0.5) is 0 Å². The van der Waals surface area contributed by atoms with Crippen LogP contribution in [-0.2, 0) is 4.74 Å². The second kappa shape index (κ2) is 5.93. The van der Waals surface area contributed by atoms with Crippen LogP contribution < -0.4 is 0 Å². The number of alkyl halides is 1. The molecule has 0 aliphatic carbocycles. The zero-order valence-corrected chi connectivity index (χ0v) is 5.44. The summed E-state index contributed by atoms with van der Waals surface area (Å²) in [6.07, 6.45) is 0. The highest BCUT2D eigenvalue weighted by atomic mass is 79.9. The van der Waals surface area contributed by atoms with Crippen LogP contribution in [0, 0.1) is 11.3 Å². The predicted octanol–water partition coefficient (Wildman–Crippen LogP) is 0.921. The average molecular weight is 164 g/mol. The Bertz CT molecular complexity index is 68.6. The van der Waals surface area contributed by atoms with Crippen molar-refractivity contribution >= 4 is 15.9 Å². The van der Waals surface area contributed by atoms with Crippen LogP contribution in [0.2, 0.25) is 0 Å². The van der Waals surface area contributed by atoms with Gasteiger partial charge in [0.05, 0.1) is 12.7 Å². The molecule has 40 valence electrons. The first-order valence-electron chi connectivity index (χ1n) is 1.92. The van der Waals surface area contributed by atoms with Crippen LogP contribution >= 0.6 is 15.9 Å². The Morgan fingerprint density at radius 2 is 2.43 bits per heavy atom. The Hall–Kier alpha value is -0.0700. The third-order valence-corrected chi connectivity index (χ3v) is 0.712. The van der Waals surface area contributed by atoms with E-state index in [-0.39, 0.29) is 6.61 Å². The number of nitriles is 1. The van der Waals surface area contributed by atoms with Crippen molar-refractivity contribution < 1.29 is 4.74 Å². The molecular formula is C4H6BrNO. The molecule has 0 amide bonds. The zero-order chi connectivity index (χ0) is 5.54. The van der Waals surface area contributed by atoms with Crippen molar-refractivity contribution in [2.45, 2.75) is 0 Å². The van der Waals surface area contributed by atoms with E-state index in [4.69, 9.17) is 10.00 Å². The molecule has 3 heteroatoms. The molecule has 0 bridgehead atoms. The van der Waals surface area contributed by atoms with E-state index in [1.165, 1.54) is 0 Å². The van der Waals surface area contributed by atoms with Gasteiger partial charge in [-0.2, -0.15) is 5.26 Å².